The Morgan fingerprint density at radius 3 is 2.29 bits per heavy atom. The molecule has 1 aromatic carbocycles. The first-order valence-corrected chi connectivity index (χ1v) is 6.07. The van der Waals surface area contributed by atoms with Crippen molar-refractivity contribution in [3.63, 3.8) is 0 Å². The van der Waals surface area contributed by atoms with Crippen molar-refractivity contribution in [1.82, 2.24) is 9.78 Å². The largest absolute Gasteiger partial charge is 0.268 e. The van der Waals surface area contributed by atoms with Crippen molar-refractivity contribution in [2.75, 3.05) is 0 Å². The summed E-state index contributed by atoms with van der Waals surface area (Å²) in [7, 11) is 1.91. The van der Waals surface area contributed by atoms with Crippen LogP contribution in [0.2, 0.25) is 0 Å². The number of halogens is 1. The Hall–Kier alpha value is -1.38. The summed E-state index contributed by atoms with van der Waals surface area (Å²) >= 11 is 0. The highest BCUT2D eigenvalue weighted by molar-refractivity contribution is 5.83. The summed E-state index contributed by atoms with van der Waals surface area (Å²) < 4.78 is 15.8. The van der Waals surface area contributed by atoms with Gasteiger partial charge in [-0.2, -0.15) is 5.10 Å². The molecule has 0 bridgehead atoms. The van der Waals surface area contributed by atoms with Crippen molar-refractivity contribution in [3.8, 4) is 0 Å². The highest BCUT2D eigenvalue weighted by Gasteiger charge is 2.16. The first-order chi connectivity index (χ1) is 7.91. The number of rotatable bonds is 2. The van der Waals surface area contributed by atoms with Gasteiger partial charge in [-0.05, 0) is 29.5 Å². The van der Waals surface area contributed by atoms with Gasteiger partial charge in [0.1, 0.15) is 5.82 Å². The third-order valence-corrected chi connectivity index (χ3v) is 3.17. The maximum Gasteiger partial charge on any atom is 0.127 e. The van der Waals surface area contributed by atoms with E-state index in [9.17, 15) is 4.39 Å². The first-order valence-electron chi connectivity index (χ1n) is 6.07. The van der Waals surface area contributed by atoms with Gasteiger partial charge < -0.3 is 0 Å². The molecule has 0 saturated heterocycles. The van der Waals surface area contributed by atoms with Crippen molar-refractivity contribution in [1.29, 1.82) is 0 Å². The van der Waals surface area contributed by atoms with Crippen LogP contribution in [-0.2, 0) is 7.05 Å². The van der Waals surface area contributed by atoms with Crippen molar-refractivity contribution in [2.24, 2.45) is 7.05 Å². The van der Waals surface area contributed by atoms with Gasteiger partial charge >= 0.3 is 0 Å². The molecule has 1 aromatic heterocycles. The number of benzene rings is 1. The van der Waals surface area contributed by atoms with Crippen LogP contribution in [0.5, 0.6) is 0 Å². The molecule has 92 valence electrons. The van der Waals surface area contributed by atoms with Crippen LogP contribution in [0.15, 0.2) is 12.1 Å². The second kappa shape index (κ2) is 4.13. The van der Waals surface area contributed by atoms with E-state index in [-0.39, 0.29) is 11.7 Å². The molecule has 2 aromatic rings. The fourth-order valence-electron chi connectivity index (χ4n) is 2.19. The van der Waals surface area contributed by atoms with E-state index >= 15 is 0 Å². The molecule has 17 heavy (non-hydrogen) atoms. The zero-order valence-electron chi connectivity index (χ0n) is 11.1. The van der Waals surface area contributed by atoms with Crippen LogP contribution in [0.3, 0.4) is 0 Å². The van der Waals surface area contributed by atoms with E-state index < -0.39 is 0 Å². The average Bonchev–Trinajstić information content (AvgIpc) is 2.54. The second-order valence-corrected chi connectivity index (χ2v) is 5.21. The molecule has 0 radical (unpaired) electrons. The molecule has 2 nitrogen and oxygen atoms in total. The maximum atomic E-state index is 14.0. The molecule has 2 rings (SSSR count). The molecule has 0 spiro atoms. The zero-order valence-corrected chi connectivity index (χ0v) is 11.1. The summed E-state index contributed by atoms with van der Waals surface area (Å²) in [6, 6.07) is 3.56. The van der Waals surface area contributed by atoms with E-state index in [4.69, 9.17) is 0 Å². The van der Waals surface area contributed by atoms with Crippen molar-refractivity contribution >= 4 is 10.9 Å². The third-order valence-electron chi connectivity index (χ3n) is 3.17. The topological polar surface area (TPSA) is 17.8 Å². The number of aryl methyl sites for hydroxylation is 1. The quantitative estimate of drug-likeness (QED) is 0.769. The second-order valence-electron chi connectivity index (χ2n) is 5.21. The minimum atomic E-state index is -0.123. The fourth-order valence-corrected chi connectivity index (χ4v) is 2.19. The van der Waals surface area contributed by atoms with Crippen LogP contribution in [0, 0.1) is 5.82 Å². The van der Waals surface area contributed by atoms with Crippen molar-refractivity contribution in [3.05, 3.63) is 29.2 Å². The van der Waals surface area contributed by atoms with E-state index in [2.05, 4.69) is 18.9 Å². The van der Waals surface area contributed by atoms with Gasteiger partial charge in [-0.3, -0.25) is 4.68 Å². The number of hydrogen-bond acceptors (Lipinski definition) is 1. The lowest BCUT2D eigenvalue weighted by Crippen LogP contribution is -1.95. The van der Waals surface area contributed by atoms with Crippen LogP contribution in [0.25, 0.3) is 10.9 Å². The van der Waals surface area contributed by atoms with E-state index in [1.807, 2.05) is 31.6 Å². The molecule has 0 aliphatic heterocycles. The van der Waals surface area contributed by atoms with Gasteiger partial charge in [0, 0.05) is 12.4 Å². The number of aromatic nitrogens is 2. The van der Waals surface area contributed by atoms with Gasteiger partial charge in [-0.15, -0.1) is 0 Å². The monoisotopic (exact) mass is 234 g/mol. The van der Waals surface area contributed by atoms with E-state index in [0.29, 0.717) is 5.92 Å². The molecule has 0 saturated carbocycles. The SMILES string of the molecule is CC(C)c1cc2c(cc1F)c(C(C)C)nn2C. The summed E-state index contributed by atoms with van der Waals surface area (Å²) in [5, 5.41) is 5.42. The Labute approximate surface area is 101 Å². The van der Waals surface area contributed by atoms with Gasteiger partial charge in [-0.1, -0.05) is 27.7 Å². The summed E-state index contributed by atoms with van der Waals surface area (Å²) in [6.07, 6.45) is 0. The van der Waals surface area contributed by atoms with Crippen molar-refractivity contribution < 1.29 is 4.39 Å². The Bertz CT molecular complexity index is 553. The molecule has 0 atom stereocenters. The Morgan fingerprint density at radius 2 is 1.76 bits per heavy atom. The van der Waals surface area contributed by atoms with Crippen LogP contribution >= 0.6 is 0 Å². The number of nitrogens with zero attached hydrogens (tertiary/aromatic N) is 2. The highest BCUT2D eigenvalue weighted by atomic mass is 19.1. The Kier molecular flexibility index (Phi) is 2.94. The molecule has 0 aliphatic rings. The highest BCUT2D eigenvalue weighted by Crippen LogP contribution is 2.29. The normalized spacial score (nSPS) is 12.0. The maximum absolute atomic E-state index is 14.0. The molecule has 0 N–H and O–H groups in total. The molecule has 0 aliphatic carbocycles. The molecule has 0 fully saturated rings. The summed E-state index contributed by atoms with van der Waals surface area (Å²) in [4.78, 5) is 0. The smallest absolute Gasteiger partial charge is 0.127 e. The molecular formula is C14H19FN2. The minimum absolute atomic E-state index is 0.123. The Morgan fingerprint density at radius 1 is 1.12 bits per heavy atom. The van der Waals surface area contributed by atoms with Crippen LogP contribution in [-0.4, -0.2) is 9.78 Å². The lowest BCUT2D eigenvalue weighted by atomic mass is 9.99. The fraction of sp³-hybridized carbons (Fsp3) is 0.500. The standard InChI is InChI=1S/C14H19FN2/c1-8(2)10-7-13-11(6-12(10)15)14(9(3)4)16-17(13)5/h6-9H,1-5H3. The molecule has 3 heteroatoms. The van der Waals surface area contributed by atoms with Gasteiger partial charge in [0.15, 0.2) is 0 Å². The predicted molar refractivity (Wildman–Crippen MR) is 68.9 cm³/mol. The summed E-state index contributed by atoms with van der Waals surface area (Å²) in [5.74, 6) is 0.377. The van der Waals surface area contributed by atoms with E-state index in [1.165, 1.54) is 0 Å². The van der Waals surface area contributed by atoms with Crippen LogP contribution in [0.4, 0.5) is 4.39 Å². The van der Waals surface area contributed by atoms with Gasteiger partial charge in [0.05, 0.1) is 11.2 Å². The van der Waals surface area contributed by atoms with Gasteiger partial charge in [0.25, 0.3) is 0 Å². The van der Waals surface area contributed by atoms with Crippen molar-refractivity contribution in [2.45, 2.75) is 39.5 Å². The third kappa shape index (κ3) is 1.94. The zero-order chi connectivity index (χ0) is 12.7. The number of hydrogen-bond donors (Lipinski definition) is 0. The molecule has 1 heterocycles. The Balaban J connectivity index is 2.76. The first kappa shape index (κ1) is 12.1. The predicted octanol–water partition coefficient (Wildman–Crippen LogP) is 3.96. The average molecular weight is 234 g/mol. The van der Waals surface area contributed by atoms with E-state index in [1.54, 1.807) is 6.07 Å². The molecular weight excluding hydrogens is 215 g/mol. The summed E-state index contributed by atoms with van der Waals surface area (Å²) in [5.41, 5.74) is 2.74. The molecule has 0 amide bonds. The lowest BCUT2D eigenvalue weighted by molar-refractivity contribution is 0.600. The minimum Gasteiger partial charge on any atom is -0.268 e. The van der Waals surface area contributed by atoms with Crippen LogP contribution in [0.1, 0.15) is 50.8 Å². The lowest BCUT2D eigenvalue weighted by Gasteiger charge is -2.08. The van der Waals surface area contributed by atoms with Gasteiger partial charge in [-0.25, -0.2) is 4.39 Å². The van der Waals surface area contributed by atoms with Crippen LogP contribution < -0.4 is 0 Å². The number of fused-ring (bicyclic) bond motifs is 1. The van der Waals surface area contributed by atoms with E-state index in [0.717, 1.165) is 22.2 Å². The summed E-state index contributed by atoms with van der Waals surface area (Å²) in [6.45, 7) is 8.17. The van der Waals surface area contributed by atoms with Gasteiger partial charge in [0.2, 0.25) is 0 Å². The molecule has 0 unspecified atom stereocenters.